The van der Waals surface area contributed by atoms with E-state index in [4.69, 9.17) is 0 Å². The van der Waals surface area contributed by atoms with Crippen LogP contribution in [-0.4, -0.2) is 6.04 Å². The molecule has 0 aliphatic heterocycles. The first-order valence-electron chi connectivity index (χ1n) is 6.09. The van der Waals surface area contributed by atoms with E-state index in [0.29, 0.717) is 12.1 Å². The van der Waals surface area contributed by atoms with Gasteiger partial charge in [-0.3, -0.25) is 0 Å². The minimum Gasteiger partial charge on any atom is -0.307 e. The second-order valence-electron chi connectivity index (χ2n) is 4.72. The van der Waals surface area contributed by atoms with Gasteiger partial charge < -0.3 is 5.32 Å². The molecule has 1 aliphatic rings. The molecule has 1 saturated carbocycles. The van der Waals surface area contributed by atoms with Crippen LogP contribution in [0.3, 0.4) is 0 Å². The molecule has 0 aromatic carbocycles. The van der Waals surface area contributed by atoms with Crippen LogP contribution in [0.4, 0.5) is 0 Å². The van der Waals surface area contributed by atoms with Crippen LogP contribution in [-0.2, 0) is 0 Å². The molecule has 2 rings (SSSR count). The maximum absolute atomic E-state index is 3.75. The molecular weight excluding hydrogens is 202 g/mol. The van der Waals surface area contributed by atoms with Gasteiger partial charge in [-0.1, -0.05) is 25.8 Å². The molecule has 2 atom stereocenters. The lowest BCUT2D eigenvalue weighted by Gasteiger charge is -2.21. The maximum Gasteiger partial charge on any atom is 0.0414 e. The Hall–Kier alpha value is -0.340. The van der Waals surface area contributed by atoms with Gasteiger partial charge in [0.05, 0.1) is 0 Å². The number of rotatable bonds is 6. The third-order valence-corrected chi connectivity index (χ3v) is 4.15. The molecular formula is C13H21NS. The van der Waals surface area contributed by atoms with Crippen molar-refractivity contribution in [3.05, 3.63) is 22.4 Å². The van der Waals surface area contributed by atoms with Crippen LogP contribution >= 0.6 is 11.3 Å². The molecule has 0 radical (unpaired) electrons. The van der Waals surface area contributed by atoms with Gasteiger partial charge in [0.25, 0.3) is 0 Å². The Kier molecular flexibility index (Phi) is 3.81. The van der Waals surface area contributed by atoms with E-state index in [0.717, 1.165) is 5.92 Å². The highest BCUT2D eigenvalue weighted by molar-refractivity contribution is 7.10. The van der Waals surface area contributed by atoms with Gasteiger partial charge in [0.2, 0.25) is 0 Å². The van der Waals surface area contributed by atoms with Gasteiger partial charge in [-0.05, 0) is 37.1 Å². The van der Waals surface area contributed by atoms with E-state index in [-0.39, 0.29) is 0 Å². The summed E-state index contributed by atoms with van der Waals surface area (Å²) in [5.74, 6) is 1.02. The van der Waals surface area contributed by atoms with Gasteiger partial charge >= 0.3 is 0 Å². The summed E-state index contributed by atoms with van der Waals surface area (Å²) in [5.41, 5.74) is 0. The first kappa shape index (κ1) is 11.2. The minimum absolute atomic E-state index is 0.568. The van der Waals surface area contributed by atoms with Crippen molar-refractivity contribution in [2.24, 2.45) is 5.92 Å². The Morgan fingerprint density at radius 2 is 2.33 bits per heavy atom. The molecule has 1 aromatic rings. The van der Waals surface area contributed by atoms with Crippen molar-refractivity contribution in [2.45, 2.75) is 51.6 Å². The summed E-state index contributed by atoms with van der Waals surface area (Å²) in [4.78, 5) is 1.49. The van der Waals surface area contributed by atoms with Crippen LogP contribution in [0, 0.1) is 5.92 Å². The van der Waals surface area contributed by atoms with Crippen molar-refractivity contribution in [3.63, 3.8) is 0 Å². The summed E-state index contributed by atoms with van der Waals surface area (Å²) in [6.07, 6.45) is 5.47. The van der Waals surface area contributed by atoms with E-state index >= 15 is 0 Å². The molecule has 0 amide bonds. The fourth-order valence-corrected chi connectivity index (χ4v) is 3.03. The van der Waals surface area contributed by atoms with Gasteiger partial charge in [-0.2, -0.15) is 0 Å². The minimum atomic E-state index is 0.568. The molecule has 1 aromatic heterocycles. The summed E-state index contributed by atoms with van der Waals surface area (Å²) < 4.78 is 0. The first-order chi connectivity index (χ1) is 7.29. The zero-order valence-electron chi connectivity index (χ0n) is 9.70. The predicted molar refractivity (Wildman–Crippen MR) is 67.3 cm³/mol. The molecule has 1 heterocycles. The molecule has 1 aliphatic carbocycles. The third kappa shape index (κ3) is 3.32. The highest BCUT2D eigenvalue weighted by atomic mass is 32.1. The second kappa shape index (κ2) is 5.13. The molecule has 0 saturated heterocycles. The number of hydrogen-bond donors (Lipinski definition) is 1. The lowest BCUT2D eigenvalue weighted by atomic mass is 10.1. The topological polar surface area (TPSA) is 12.0 Å². The molecule has 1 fully saturated rings. The van der Waals surface area contributed by atoms with Crippen molar-refractivity contribution >= 4 is 11.3 Å². The van der Waals surface area contributed by atoms with Crippen molar-refractivity contribution in [2.75, 3.05) is 0 Å². The molecule has 0 bridgehead atoms. The van der Waals surface area contributed by atoms with E-state index in [1.165, 1.54) is 30.6 Å². The molecule has 0 spiro atoms. The van der Waals surface area contributed by atoms with Crippen molar-refractivity contribution in [1.29, 1.82) is 0 Å². The van der Waals surface area contributed by atoms with Crippen molar-refractivity contribution < 1.29 is 0 Å². The Bertz CT molecular complexity index is 277. The highest BCUT2D eigenvalue weighted by Crippen LogP contribution is 2.34. The van der Waals surface area contributed by atoms with Crippen LogP contribution in [0.25, 0.3) is 0 Å². The quantitative estimate of drug-likeness (QED) is 0.769. The number of thiophene rings is 1. The molecule has 84 valence electrons. The maximum atomic E-state index is 3.75. The molecule has 1 N–H and O–H groups in total. The van der Waals surface area contributed by atoms with Crippen LogP contribution in [0.1, 0.15) is 50.4 Å². The zero-order chi connectivity index (χ0) is 10.7. The summed E-state index contributed by atoms with van der Waals surface area (Å²) in [6, 6.07) is 5.63. The highest BCUT2D eigenvalue weighted by Gasteiger charge is 2.24. The van der Waals surface area contributed by atoms with E-state index in [1.54, 1.807) is 0 Å². The first-order valence-corrected chi connectivity index (χ1v) is 6.97. The molecule has 15 heavy (non-hydrogen) atoms. The normalized spacial score (nSPS) is 20.1. The van der Waals surface area contributed by atoms with Gasteiger partial charge in [-0.15, -0.1) is 11.3 Å². The monoisotopic (exact) mass is 223 g/mol. The average Bonchev–Trinajstić information content (AvgIpc) is 2.86. The zero-order valence-corrected chi connectivity index (χ0v) is 10.5. The lowest BCUT2D eigenvalue weighted by molar-refractivity contribution is 0.417. The SMILES string of the molecule is CCC(NC(C)CC1CC1)c1cccs1. The van der Waals surface area contributed by atoms with E-state index in [1.807, 2.05) is 11.3 Å². The summed E-state index contributed by atoms with van der Waals surface area (Å²) in [6.45, 7) is 4.59. The lowest BCUT2D eigenvalue weighted by Crippen LogP contribution is -2.30. The van der Waals surface area contributed by atoms with E-state index in [9.17, 15) is 0 Å². The summed E-state index contributed by atoms with van der Waals surface area (Å²) in [5, 5.41) is 5.92. The standard InChI is InChI=1S/C13H21NS/c1-3-12(13-5-4-8-15-13)14-10(2)9-11-6-7-11/h4-5,8,10-12,14H,3,6-7,9H2,1-2H3. The smallest absolute Gasteiger partial charge is 0.0414 e. The molecule has 1 nitrogen and oxygen atoms in total. The van der Waals surface area contributed by atoms with Gasteiger partial charge in [-0.25, -0.2) is 0 Å². The fourth-order valence-electron chi connectivity index (χ4n) is 2.16. The van der Waals surface area contributed by atoms with Crippen LogP contribution in [0.15, 0.2) is 17.5 Å². The average molecular weight is 223 g/mol. The predicted octanol–water partition coefficient (Wildman–Crippen LogP) is 3.98. The van der Waals surface area contributed by atoms with E-state index in [2.05, 4.69) is 36.7 Å². The largest absolute Gasteiger partial charge is 0.307 e. The Balaban J connectivity index is 1.84. The van der Waals surface area contributed by atoms with Crippen molar-refractivity contribution in [1.82, 2.24) is 5.32 Å². The molecule has 2 heteroatoms. The van der Waals surface area contributed by atoms with Crippen LogP contribution in [0.5, 0.6) is 0 Å². The fraction of sp³-hybridized carbons (Fsp3) is 0.692. The second-order valence-corrected chi connectivity index (χ2v) is 5.70. The Morgan fingerprint density at radius 3 is 2.87 bits per heavy atom. The van der Waals surface area contributed by atoms with E-state index < -0.39 is 0 Å². The third-order valence-electron chi connectivity index (χ3n) is 3.16. The Morgan fingerprint density at radius 1 is 1.53 bits per heavy atom. The Labute approximate surface area is 96.9 Å². The summed E-state index contributed by atoms with van der Waals surface area (Å²) in [7, 11) is 0. The van der Waals surface area contributed by atoms with Crippen LogP contribution < -0.4 is 5.32 Å². The number of hydrogen-bond acceptors (Lipinski definition) is 2. The molecule has 2 unspecified atom stereocenters. The number of nitrogens with one attached hydrogen (secondary N) is 1. The summed E-state index contributed by atoms with van der Waals surface area (Å²) >= 11 is 1.87. The van der Waals surface area contributed by atoms with Crippen LogP contribution in [0.2, 0.25) is 0 Å². The van der Waals surface area contributed by atoms with Gasteiger partial charge in [0, 0.05) is 17.0 Å². The van der Waals surface area contributed by atoms with Gasteiger partial charge in [0.1, 0.15) is 0 Å². The van der Waals surface area contributed by atoms with Gasteiger partial charge in [0.15, 0.2) is 0 Å². The van der Waals surface area contributed by atoms with Crippen molar-refractivity contribution in [3.8, 4) is 0 Å².